The summed E-state index contributed by atoms with van der Waals surface area (Å²) in [5, 5.41) is 3.24. The molecule has 0 aromatic carbocycles. The molecule has 1 N–H and O–H groups in total. The van der Waals surface area contributed by atoms with Crippen molar-refractivity contribution in [3.05, 3.63) is 63.0 Å². The highest BCUT2D eigenvalue weighted by Crippen LogP contribution is 2.22. The number of nitrogens with one attached hydrogen (secondary N) is 1. The van der Waals surface area contributed by atoms with E-state index in [1.165, 1.54) is 0 Å². The van der Waals surface area contributed by atoms with Crippen LogP contribution >= 0.6 is 0 Å². The first-order valence-electron chi connectivity index (χ1n) is 9.10. The van der Waals surface area contributed by atoms with Crippen LogP contribution in [-0.4, -0.2) is 31.0 Å². The van der Waals surface area contributed by atoms with Gasteiger partial charge in [-0.1, -0.05) is 26.8 Å². The molecule has 3 aromatic heterocycles. The Balaban J connectivity index is 1.67. The lowest BCUT2D eigenvalue weighted by Crippen LogP contribution is -2.36. The molecule has 0 saturated carbocycles. The molecule has 0 aliphatic carbocycles. The zero-order valence-corrected chi connectivity index (χ0v) is 15.8. The number of hydrogen-bond acceptors (Lipinski definition) is 4. The lowest BCUT2D eigenvalue weighted by molar-refractivity contribution is 0.238. The lowest BCUT2D eigenvalue weighted by Gasteiger charge is -2.27. The SMILES string of the molecule is Cc1cccc(CN2CCc3nc4cc(C(C)(C)C)[nH]n4c(=O)c3C2)n1. The van der Waals surface area contributed by atoms with E-state index in [0.29, 0.717) is 12.2 Å². The first-order chi connectivity index (χ1) is 12.3. The molecular weight excluding hydrogens is 326 g/mol. The number of aromatic nitrogens is 4. The van der Waals surface area contributed by atoms with Crippen molar-refractivity contribution in [1.29, 1.82) is 0 Å². The minimum atomic E-state index is -0.0521. The van der Waals surface area contributed by atoms with Crippen LogP contribution in [-0.2, 0) is 24.9 Å². The van der Waals surface area contributed by atoms with Gasteiger partial charge in [-0.2, -0.15) is 0 Å². The fraction of sp³-hybridized carbons (Fsp3) is 0.450. The molecular formula is C20H25N5O. The lowest BCUT2D eigenvalue weighted by atomic mass is 9.93. The Kier molecular flexibility index (Phi) is 3.95. The number of aromatic amines is 1. The van der Waals surface area contributed by atoms with Gasteiger partial charge in [0, 0.05) is 48.9 Å². The largest absolute Gasteiger partial charge is 0.293 e. The Labute approximate surface area is 152 Å². The van der Waals surface area contributed by atoms with Gasteiger partial charge in [-0.3, -0.25) is 19.8 Å². The highest BCUT2D eigenvalue weighted by molar-refractivity contribution is 5.43. The number of H-pyrrole nitrogens is 1. The minimum absolute atomic E-state index is 0.0161. The average molecular weight is 351 g/mol. The monoisotopic (exact) mass is 351 g/mol. The zero-order valence-electron chi connectivity index (χ0n) is 15.8. The molecule has 136 valence electrons. The maximum Gasteiger partial charge on any atom is 0.277 e. The summed E-state index contributed by atoms with van der Waals surface area (Å²) in [4.78, 5) is 24.6. The van der Waals surface area contributed by atoms with Gasteiger partial charge in [0.05, 0.1) is 17.0 Å². The van der Waals surface area contributed by atoms with Crippen molar-refractivity contribution >= 4 is 5.65 Å². The Morgan fingerprint density at radius 2 is 2.04 bits per heavy atom. The standard InChI is InChI=1S/C20H25N5O/c1-13-6-5-7-14(21-13)11-24-9-8-16-15(12-24)19(26)25-18(22-16)10-17(23-25)20(2,3)4/h5-7,10,23H,8-9,11-12H2,1-4H3. The van der Waals surface area contributed by atoms with Crippen LogP contribution in [0.15, 0.2) is 29.1 Å². The molecule has 6 nitrogen and oxygen atoms in total. The molecule has 1 aliphatic rings. The molecule has 0 fully saturated rings. The van der Waals surface area contributed by atoms with E-state index in [0.717, 1.165) is 47.8 Å². The van der Waals surface area contributed by atoms with Crippen LogP contribution in [0.4, 0.5) is 0 Å². The summed E-state index contributed by atoms with van der Waals surface area (Å²) in [6, 6.07) is 8.06. The number of nitrogens with zero attached hydrogens (tertiary/aromatic N) is 4. The van der Waals surface area contributed by atoms with Gasteiger partial charge in [0.15, 0.2) is 5.65 Å². The van der Waals surface area contributed by atoms with Crippen molar-refractivity contribution in [2.24, 2.45) is 0 Å². The Bertz CT molecular complexity index is 1020. The summed E-state index contributed by atoms with van der Waals surface area (Å²) in [6.45, 7) is 10.6. The normalized spacial score (nSPS) is 15.4. The van der Waals surface area contributed by atoms with Gasteiger partial charge >= 0.3 is 0 Å². The molecule has 0 atom stereocenters. The third kappa shape index (κ3) is 3.05. The molecule has 0 amide bonds. The molecule has 0 radical (unpaired) electrons. The fourth-order valence-corrected chi connectivity index (χ4v) is 3.47. The predicted molar refractivity (Wildman–Crippen MR) is 101 cm³/mol. The number of rotatable bonds is 2. The van der Waals surface area contributed by atoms with Crippen LogP contribution in [0.2, 0.25) is 0 Å². The van der Waals surface area contributed by atoms with Crippen molar-refractivity contribution in [3.8, 4) is 0 Å². The Morgan fingerprint density at radius 1 is 1.23 bits per heavy atom. The number of hydrogen-bond donors (Lipinski definition) is 1. The molecule has 1 aliphatic heterocycles. The zero-order chi connectivity index (χ0) is 18.5. The van der Waals surface area contributed by atoms with Crippen LogP contribution in [0.25, 0.3) is 5.65 Å². The minimum Gasteiger partial charge on any atom is -0.293 e. The van der Waals surface area contributed by atoms with E-state index in [-0.39, 0.29) is 11.0 Å². The van der Waals surface area contributed by atoms with E-state index in [4.69, 9.17) is 4.98 Å². The van der Waals surface area contributed by atoms with Crippen LogP contribution in [0, 0.1) is 6.92 Å². The van der Waals surface area contributed by atoms with Crippen molar-refractivity contribution in [2.45, 2.75) is 52.6 Å². The first-order valence-corrected chi connectivity index (χ1v) is 9.10. The highest BCUT2D eigenvalue weighted by atomic mass is 16.1. The van der Waals surface area contributed by atoms with Crippen LogP contribution in [0.5, 0.6) is 0 Å². The molecule has 6 heteroatoms. The van der Waals surface area contributed by atoms with E-state index in [1.807, 2.05) is 31.2 Å². The topological polar surface area (TPSA) is 66.3 Å². The van der Waals surface area contributed by atoms with Gasteiger partial charge < -0.3 is 0 Å². The van der Waals surface area contributed by atoms with Crippen LogP contribution in [0.1, 0.15) is 49.1 Å². The maximum absolute atomic E-state index is 13.0. The van der Waals surface area contributed by atoms with Gasteiger partial charge in [0.1, 0.15) is 0 Å². The van der Waals surface area contributed by atoms with E-state index >= 15 is 0 Å². The number of aryl methyl sites for hydroxylation is 1. The highest BCUT2D eigenvalue weighted by Gasteiger charge is 2.24. The van der Waals surface area contributed by atoms with E-state index < -0.39 is 0 Å². The molecule has 0 saturated heterocycles. The number of fused-ring (bicyclic) bond motifs is 2. The summed E-state index contributed by atoms with van der Waals surface area (Å²) in [6.07, 6.45) is 0.795. The van der Waals surface area contributed by atoms with Gasteiger partial charge in [-0.05, 0) is 19.1 Å². The molecule has 4 rings (SSSR count). The van der Waals surface area contributed by atoms with Crippen molar-refractivity contribution in [1.82, 2.24) is 24.5 Å². The van der Waals surface area contributed by atoms with E-state index in [9.17, 15) is 4.79 Å². The van der Waals surface area contributed by atoms with Crippen molar-refractivity contribution in [3.63, 3.8) is 0 Å². The number of pyridine rings is 1. The summed E-state index contributed by atoms with van der Waals surface area (Å²) in [5.74, 6) is 0. The second-order valence-electron chi connectivity index (χ2n) is 8.19. The smallest absolute Gasteiger partial charge is 0.277 e. The Morgan fingerprint density at radius 3 is 2.77 bits per heavy atom. The van der Waals surface area contributed by atoms with Crippen LogP contribution < -0.4 is 5.56 Å². The molecule has 4 heterocycles. The van der Waals surface area contributed by atoms with Gasteiger partial charge in [0.25, 0.3) is 5.56 Å². The fourth-order valence-electron chi connectivity index (χ4n) is 3.47. The van der Waals surface area contributed by atoms with Crippen molar-refractivity contribution < 1.29 is 0 Å². The van der Waals surface area contributed by atoms with Crippen LogP contribution in [0.3, 0.4) is 0 Å². The molecule has 0 bridgehead atoms. The quantitative estimate of drug-likeness (QED) is 0.771. The van der Waals surface area contributed by atoms with Crippen molar-refractivity contribution in [2.75, 3.05) is 6.54 Å². The molecule has 26 heavy (non-hydrogen) atoms. The van der Waals surface area contributed by atoms with Gasteiger partial charge in [-0.25, -0.2) is 9.50 Å². The summed E-state index contributed by atoms with van der Waals surface area (Å²) in [5.41, 5.74) is 5.48. The third-order valence-electron chi connectivity index (χ3n) is 4.98. The summed E-state index contributed by atoms with van der Waals surface area (Å²) >= 11 is 0. The van der Waals surface area contributed by atoms with E-state index in [2.05, 4.69) is 35.8 Å². The second-order valence-corrected chi connectivity index (χ2v) is 8.19. The molecule has 0 spiro atoms. The second kappa shape index (κ2) is 6.06. The maximum atomic E-state index is 13.0. The molecule has 0 unspecified atom stereocenters. The average Bonchev–Trinajstić information content (AvgIpc) is 3.00. The molecule has 3 aromatic rings. The third-order valence-corrected chi connectivity index (χ3v) is 4.98. The summed E-state index contributed by atoms with van der Waals surface area (Å²) in [7, 11) is 0. The first kappa shape index (κ1) is 17.0. The summed E-state index contributed by atoms with van der Waals surface area (Å²) < 4.78 is 1.59. The van der Waals surface area contributed by atoms with E-state index in [1.54, 1.807) is 4.52 Å². The Hall–Kier alpha value is -2.47. The van der Waals surface area contributed by atoms with Gasteiger partial charge in [-0.15, -0.1) is 0 Å². The predicted octanol–water partition coefficient (Wildman–Crippen LogP) is 2.58. The van der Waals surface area contributed by atoms with Gasteiger partial charge in [0.2, 0.25) is 0 Å².